The first-order chi connectivity index (χ1) is 10.3. The van der Waals surface area contributed by atoms with Crippen molar-refractivity contribution in [2.75, 3.05) is 13.6 Å². The second-order valence-electron chi connectivity index (χ2n) is 5.47. The molecule has 0 aliphatic carbocycles. The summed E-state index contributed by atoms with van der Waals surface area (Å²) >= 11 is 0. The highest BCUT2D eigenvalue weighted by Gasteiger charge is 2.15. The summed E-state index contributed by atoms with van der Waals surface area (Å²) in [5.41, 5.74) is 2.05. The standard InChI is InChI=1S/C15H26N6O/c1-10(2)18-15(16-6)20-14(22)8-17-9-21-12(4)7-11(3)19-13(21)5/h7,9-10,13H,8H2,1-6H3,(H2,16,18,20,22). The minimum Gasteiger partial charge on any atom is -0.354 e. The van der Waals surface area contributed by atoms with Crippen LogP contribution in [0, 0.1) is 0 Å². The van der Waals surface area contributed by atoms with E-state index in [4.69, 9.17) is 0 Å². The third-order valence-electron chi connectivity index (χ3n) is 2.97. The molecule has 2 N–H and O–H groups in total. The van der Waals surface area contributed by atoms with E-state index >= 15 is 0 Å². The van der Waals surface area contributed by atoms with Crippen LogP contribution in [0.5, 0.6) is 0 Å². The lowest BCUT2D eigenvalue weighted by Crippen LogP contribution is -2.44. The number of nitrogens with zero attached hydrogens (tertiary/aromatic N) is 4. The van der Waals surface area contributed by atoms with Crippen LogP contribution in [0.15, 0.2) is 26.8 Å². The Kier molecular flexibility index (Phi) is 6.75. The zero-order valence-electron chi connectivity index (χ0n) is 14.2. The Morgan fingerprint density at radius 1 is 1.50 bits per heavy atom. The fourth-order valence-electron chi connectivity index (χ4n) is 2.07. The SMILES string of the molecule is CN=C(NC(=O)CN=CN1C(C)=CC(C)=NC1C)NC(C)C. The number of carbonyl (C=O) groups excluding carboxylic acids is 1. The molecule has 0 aromatic heterocycles. The first-order valence-electron chi connectivity index (χ1n) is 7.37. The largest absolute Gasteiger partial charge is 0.354 e. The Balaban J connectivity index is 2.52. The molecule has 0 spiro atoms. The number of aliphatic imine (C=N–C) groups is 3. The number of allylic oxidation sites excluding steroid dienone is 2. The number of hydrogen-bond donors (Lipinski definition) is 2. The van der Waals surface area contributed by atoms with E-state index in [0.29, 0.717) is 5.96 Å². The molecule has 0 bridgehead atoms. The fourth-order valence-corrected chi connectivity index (χ4v) is 2.07. The quantitative estimate of drug-likeness (QED) is 0.603. The van der Waals surface area contributed by atoms with Crippen molar-refractivity contribution in [2.24, 2.45) is 15.0 Å². The molecule has 7 nitrogen and oxygen atoms in total. The molecule has 7 heteroatoms. The molecule has 0 radical (unpaired) electrons. The number of rotatable bonds is 4. The number of amides is 1. The normalized spacial score (nSPS) is 19.3. The van der Waals surface area contributed by atoms with Crippen molar-refractivity contribution in [1.29, 1.82) is 0 Å². The molecular formula is C15H26N6O. The summed E-state index contributed by atoms with van der Waals surface area (Å²) in [5.74, 6) is 0.244. The van der Waals surface area contributed by atoms with Crippen molar-refractivity contribution in [1.82, 2.24) is 15.5 Å². The molecule has 1 unspecified atom stereocenters. The minimum atomic E-state index is -0.212. The number of carbonyl (C=O) groups is 1. The van der Waals surface area contributed by atoms with E-state index in [0.717, 1.165) is 11.4 Å². The first-order valence-corrected chi connectivity index (χ1v) is 7.37. The molecule has 0 saturated heterocycles. The van der Waals surface area contributed by atoms with Crippen LogP contribution in [0.1, 0.15) is 34.6 Å². The Hall–Kier alpha value is -2.18. The average molecular weight is 306 g/mol. The number of guanidine groups is 1. The maximum absolute atomic E-state index is 11.8. The fraction of sp³-hybridized carbons (Fsp3) is 0.600. The van der Waals surface area contributed by atoms with E-state index in [9.17, 15) is 4.79 Å². The van der Waals surface area contributed by atoms with Crippen molar-refractivity contribution in [3.05, 3.63) is 11.8 Å². The van der Waals surface area contributed by atoms with Gasteiger partial charge in [-0.15, -0.1) is 0 Å². The van der Waals surface area contributed by atoms with E-state index < -0.39 is 0 Å². The van der Waals surface area contributed by atoms with Crippen molar-refractivity contribution >= 4 is 23.9 Å². The molecule has 22 heavy (non-hydrogen) atoms. The van der Waals surface area contributed by atoms with Crippen LogP contribution in [0.4, 0.5) is 0 Å². The van der Waals surface area contributed by atoms with E-state index in [-0.39, 0.29) is 24.7 Å². The summed E-state index contributed by atoms with van der Waals surface area (Å²) in [5, 5.41) is 5.74. The van der Waals surface area contributed by atoms with Gasteiger partial charge in [-0.1, -0.05) is 0 Å². The molecule has 0 aromatic rings. The lowest BCUT2D eigenvalue weighted by atomic mass is 10.2. The third kappa shape index (κ3) is 5.67. The predicted octanol–water partition coefficient (Wildman–Crippen LogP) is 1.14. The molecule has 0 fully saturated rings. The molecule has 122 valence electrons. The maximum atomic E-state index is 11.8. The van der Waals surface area contributed by atoms with Gasteiger partial charge in [0.15, 0.2) is 5.96 Å². The van der Waals surface area contributed by atoms with Crippen molar-refractivity contribution in [3.8, 4) is 0 Å². The first kappa shape index (κ1) is 17.9. The summed E-state index contributed by atoms with van der Waals surface area (Å²) in [6.07, 6.45) is 3.64. The van der Waals surface area contributed by atoms with Gasteiger partial charge in [-0.3, -0.25) is 25.1 Å². The lowest BCUT2D eigenvalue weighted by Gasteiger charge is -2.28. The van der Waals surface area contributed by atoms with Crippen molar-refractivity contribution in [2.45, 2.75) is 46.8 Å². The highest BCUT2D eigenvalue weighted by atomic mass is 16.2. The van der Waals surface area contributed by atoms with E-state index in [1.807, 2.05) is 45.6 Å². The van der Waals surface area contributed by atoms with Gasteiger partial charge < -0.3 is 10.2 Å². The second-order valence-corrected chi connectivity index (χ2v) is 5.47. The molecule has 1 aliphatic heterocycles. The predicted molar refractivity (Wildman–Crippen MR) is 91.3 cm³/mol. The van der Waals surface area contributed by atoms with Gasteiger partial charge in [-0.25, -0.2) is 0 Å². The number of hydrogen-bond acceptors (Lipinski definition) is 4. The molecule has 1 rings (SSSR count). The Morgan fingerprint density at radius 2 is 2.18 bits per heavy atom. The van der Waals surface area contributed by atoms with Gasteiger partial charge in [0.05, 0.1) is 6.34 Å². The summed E-state index contributed by atoms with van der Waals surface area (Å²) in [6, 6.07) is 0.200. The Labute approximate surface area is 132 Å². The summed E-state index contributed by atoms with van der Waals surface area (Å²) in [4.78, 5) is 26.4. The van der Waals surface area contributed by atoms with Crippen LogP contribution in [0.2, 0.25) is 0 Å². The van der Waals surface area contributed by atoms with E-state index in [2.05, 4.69) is 25.6 Å². The number of nitrogens with one attached hydrogen (secondary N) is 2. The average Bonchev–Trinajstić information content (AvgIpc) is 2.40. The highest BCUT2D eigenvalue weighted by Crippen LogP contribution is 2.13. The smallest absolute Gasteiger partial charge is 0.248 e. The zero-order valence-corrected chi connectivity index (χ0v) is 14.2. The van der Waals surface area contributed by atoms with Gasteiger partial charge >= 0.3 is 0 Å². The Bertz CT molecular complexity index is 518. The summed E-state index contributed by atoms with van der Waals surface area (Å²) < 4.78 is 0. The molecule has 1 atom stereocenters. The Morgan fingerprint density at radius 3 is 2.73 bits per heavy atom. The van der Waals surface area contributed by atoms with Crippen molar-refractivity contribution in [3.63, 3.8) is 0 Å². The van der Waals surface area contributed by atoms with E-state index in [1.165, 1.54) is 0 Å². The van der Waals surface area contributed by atoms with Crippen LogP contribution in [-0.2, 0) is 4.79 Å². The van der Waals surface area contributed by atoms with Gasteiger partial charge in [-0.05, 0) is 40.7 Å². The minimum absolute atomic E-state index is 0.00724. The summed E-state index contributed by atoms with van der Waals surface area (Å²) in [7, 11) is 1.62. The zero-order chi connectivity index (χ0) is 16.7. The molecule has 1 heterocycles. The molecule has 1 amide bonds. The van der Waals surface area contributed by atoms with Gasteiger partial charge in [0.2, 0.25) is 5.91 Å². The molecule has 0 aromatic carbocycles. The molecule has 0 saturated carbocycles. The lowest BCUT2D eigenvalue weighted by molar-refractivity contribution is -0.118. The maximum Gasteiger partial charge on any atom is 0.248 e. The van der Waals surface area contributed by atoms with Gasteiger partial charge in [-0.2, -0.15) is 0 Å². The van der Waals surface area contributed by atoms with Crippen LogP contribution >= 0.6 is 0 Å². The highest BCUT2D eigenvalue weighted by molar-refractivity contribution is 5.98. The summed E-state index contributed by atoms with van der Waals surface area (Å²) in [6.45, 7) is 9.94. The van der Waals surface area contributed by atoms with Crippen LogP contribution < -0.4 is 10.6 Å². The molecule has 1 aliphatic rings. The monoisotopic (exact) mass is 306 g/mol. The molecular weight excluding hydrogens is 280 g/mol. The topological polar surface area (TPSA) is 81.5 Å². The van der Waals surface area contributed by atoms with Crippen LogP contribution in [0.3, 0.4) is 0 Å². The third-order valence-corrected chi connectivity index (χ3v) is 2.97. The van der Waals surface area contributed by atoms with Gasteiger partial charge in [0, 0.05) is 24.5 Å². The van der Waals surface area contributed by atoms with E-state index in [1.54, 1.807) is 13.4 Å². The second kappa shape index (κ2) is 8.31. The van der Waals surface area contributed by atoms with Crippen molar-refractivity contribution < 1.29 is 4.79 Å². The van der Waals surface area contributed by atoms with Crippen LogP contribution in [0.25, 0.3) is 0 Å². The van der Waals surface area contributed by atoms with Gasteiger partial charge in [0.25, 0.3) is 0 Å². The van der Waals surface area contributed by atoms with Gasteiger partial charge in [0.1, 0.15) is 12.7 Å². The van der Waals surface area contributed by atoms with Crippen LogP contribution in [-0.4, -0.2) is 54.6 Å².